The molecule has 1 fully saturated rings. The summed E-state index contributed by atoms with van der Waals surface area (Å²) < 4.78 is 5.87. The lowest BCUT2D eigenvalue weighted by atomic mass is 10.0. The summed E-state index contributed by atoms with van der Waals surface area (Å²) >= 11 is 5.89. The number of likely N-dealkylation sites (tertiary alicyclic amines) is 1. The minimum atomic E-state index is -0.0183. The van der Waals surface area contributed by atoms with Crippen LogP contribution in [0, 0.1) is 5.92 Å². The largest absolute Gasteiger partial charge is 0.489 e. The van der Waals surface area contributed by atoms with Crippen LogP contribution in [0.15, 0.2) is 29.3 Å². The van der Waals surface area contributed by atoms with E-state index in [1.165, 1.54) is 0 Å². The molecule has 1 aromatic carbocycles. The molecule has 1 atom stereocenters. The number of carbonyl (C=O) groups excluding carboxylic acids is 1. The molecular weight excluding hydrogens is 364 g/mol. The highest BCUT2D eigenvalue weighted by Gasteiger charge is 2.24. The molecule has 0 radical (unpaired) electrons. The Kier molecular flexibility index (Phi) is 8.23. The van der Waals surface area contributed by atoms with Gasteiger partial charge in [-0.2, -0.15) is 0 Å². The second kappa shape index (κ2) is 10.4. The van der Waals surface area contributed by atoms with Gasteiger partial charge in [0, 0.05) is 37.1 Å². The Morgan fingerprint density at radius 2 is 1.89 bits per heavy atom. The summed E-state index contributed by atoms with van der Waals surface area (Å²) in [6.45, 7) is 8.12. The van der Waals surface area contributed by atoms with E-state index in [0.717, 1.165) is 37.6 Å². The van der Waals surface area contributed by atoms with Gasteiger partial charge >= 0.3 is 0 Å². The molecule has 0 saturated carbocycles. The van der Waals surface area contributed by atoms with Crippen molar-refractivity contribution in [3.8, 4) is 5.75 Å². The van der Waals surface area contributed by atoms with Crippen molar-refractivity contribution in [1.82, 2.24) is 15.5 Å². The second-order valence-electron chi connectivity index (χ2n) is 7.23. The number of hydrogen-bond donors (Lipinski definition) is 2. The highest BCUT2D eigenvalue weighted by atomic mass is 35.5. The average molecular weight is 395 g/mol. The van der Waals surface area contributed by atoms with Gasteiger partial charge in [0.1, 0.15) is 11.9 Å². The first kappa shape index (κ1) is 21.4. The van der Waals surface area contributed by atoms with Crippen molar-refractivity contribution in [1.29, 1.82) is 0 Å². The van der Waals surface area contributed by atoms with Crippen LogP contribution in [0.1, 0.15) is 33.6 Å². The normalized spacial score (nSPS) is 17.0. The third-order valence-electron chi connectivity index (χ3n) is 4.57. The molecule has 1 unspecified atom stereocenters. The lowest BCUT2D eigenvalue weighted by molar-refractivity contribution is -0.135. The number of nitrogens with one attached hydrogen (secondary N) is 2. The van der Waals surface area contributed by atoms with E-state index >= 15 is 0 Å². The van der Waals surface area contributed by atoms with Crippen LogP contribution in [0.2, 0.25) is 5.02 Å². The van der Waals surface area contributed by atoms with Crippen LogP contribution in [0.3, 0.4) is 0 Å². The smallest absolute Gasteiger partial charge is 0.225 e. The van der Waals surface area contributed by atoms with Gasteiger partial charge < -0.3 is 20.3 Å². The average Bonchev–Trinajstić information content (AvgIpc) is 2.66. The first-order chi connectivity index (χ1) is 12.9. The molecule has 0 bridgehead atoms. The predicted octanol–water partition coefficient (Wildman–Crippen LogP) is 2.92. The van der Waals surface area contributed by atoms with Gasteiger partial charge in [-0.05, 0) is 44.0 Å². The Labute approximate surface area is 167 Å². The lowest BCUT2D eigenvalue weighted by Crippen LogP contribution is -2.51. The van der Waals surface area contributed by atoms with E-state index in [1.54, 1.807) is 7.05 Å². The number of benzene rings is 1. The van der Waals surface area contributed by atoms with Gasteiger partial charge in [0.2, 0.25) is 5.91 Å². The fraction of sp³-hybridized carbons (Fsp3) is 0.600. The number of piperidine rings is 1. The lowest BCUT2D eigenvalue weighted by Gasteiger charge is -2.34. The number of carbonyl (C=O) groups is 1. The Hall–Kier alpha value is -1.95. The predicted molar refractivity (Wildman–Crippen MR) is 110 cm³/mol. The molecule has 7 heteroatoms. The van der Waals surface area contributed by atoms with E-state index in [-0.39, 0.29) is 17.9 Å². The van der Waals surface area contributed by atoms with Gasteiger partial charge in [0.25, 0.3) is 0 Å². The van der Waals surface area contributed by atoms with E-state index in [1.807, 2.05) is 49.9 Å². The first-order valence-electron chi connectivity index (χ1n) is 9.57. The van der Waals surface area contributed by atoms with E-state index in [2.05, 4.69) is 15.6 Å². The second-order valence-corrected chi connectivity index (χ2v) is 7.67. The third-order valence-corrected chi connectivity index (χ3v) is 4.82. The molecule has 1 aliphatic heterocycles. The SMILES string of the molecule is CN=C(NCC(C)Oc1ccc(Cl)cc1)NC1CCN(C(=O)C(C)C)CC1. The number of rotatable bonds is 6. The summed E-state index contributed by atoms with van der Waals surface area (Å²) in [5, 5.41) is 7.45. The molecule has 2 rings (SSSR count). The first-order valence-corrected chi connectivity index (χ1v) is 9.95. The summed E-state index contributed by atoms with van der Waals surface area (Å²) in [6.07, 6.45) is 1.83. The van der Waals surface area contributed by atoms with Crippen LogP contribution in [0.5, 0.6) is 5.75 Å². The zero-order valence-corrected chi connectivity index (χ0v) is 17.4. The van der Waals surface area contributed by atoms with Gasteiger partial charge in [0.05, 0.1) is 6.54 Å². The van der Waals surface area contributed by atoms with Crippen molar-refractivity contribution >= 4 is 23.5 Å². The molecule has 1 aliphatic rings. The van der Waals surface area contributed by atoms with Crippen molar-refractivity contribution in [3.63, 3.8) is 0 Å². The molecule has 0 spiro atoms. The van der Waals surface area contributed by atoms with Crippen LogP contribution in [0.25, 0.3) is 0 Å². The summed E-state index contributed by atoms with van der Waals surface area (Å²) in [5.41, 5.74) is 0. The minimum absolute atomic E-state index is 0.0183. The fourth-order valence-corrected chi connectivity index (χ4v) is 3.15. The topological polar surface area (TPSA) is 66.0 Å². The van der Waals surface area contributed by atoms with E-state index < -0.39 is 0 Å². The molecule has 1 heterocycles. The summed E-state index contributed by atoms with van der Waals surface area (Å²) in [5.74, 6) is 1.85. The van der Waals surface area contributed by atoms with Crippen LogP contribution < -0.4 is 15.4 Å². The summed E-state index contributed by atoms with van der Waals surface area (Å²) in [4.78, 5) is 18.3. The molecule has 0 aromatic heterocycles. The van der Waals surface area contributed by atoms with Gasteiger partial charge in [-0.1, -0.05) is 25.4 Å². The van der Waals surface area contributed by atoms with Crippen molar-refractivity contribution in [2.24, 2.45) is 10.9 Å². The zero-order chi connectivity index (χ0) is 19.8. The Morgan fingerprint density at radius 3 is 2.44 bits per heavy atom. The van der Waals surface area contributed by atoms with Gasteiger partial charge in [-0.3, -0.25) is 9.79 Å². The number of nitrogens with zero attached hydrogens (tertiary/aromatic N) is 2. The molecule has 2 N–H and O–H groups in total. The van der Waals surface area contributed by atoms with E-state index in [0.29, 0.717) is 17.6 Å². The number of halogens is 1. The highest BCUT2D eigenvalue weighted by molar-refractivity contribution is 6.30. The quantitative estimate of drug-likeness (QED) is 0.575. The summed E-state index contributed by atoms with van der Waals surface area (Å²) in [7, 11) is 1.76. The maximum Gasteiger partial charge on any atom is 0.225 e. The number of guanidine groups is 1. The number of hydrogen-bond acceptors (Lipinski definition) is 3. The van der Waals surface area contributed by atoms with Crippen molar-refractivity contribution in [2.75, 3.05) is 26.7 Å². The van der Waals surface area contributed by atoms with E-state index in [9.17, 15) is 4.79 Å². The van der Waals surface area contributed by atoms with Gasteiger partial charge in [-0.25, -0.2) is 0 Å². The molecule has 1 saturated heterocycles. The maximum atomic E-state index is 12.1. The van der Waals surface area contributed by atoms with Crippen LogP contribution in [0.4, 0.5) is 0 Å². The van der Waals surface area contributed by atoms with E-state index in [4.69, 9.17) is 16.3 Å². The maximum absolute atomic E-state index is 12.1. The highest BCUT2D eigenvalue weighted by Crippen LogP contribution is 2.16. The van der Waals surface area contributed by atoms with Crippen molar-refractivity contribution in [2.45, 2.75) is 45.8 Å². The van der Waals surface area contributed by atoms with Crippen molar-refractivity contribution in [3.05, 3.63) is 29.3 Å². The Balaban J connectivity index is 1.73. The van der Waals surface area contributed by atoms with Crippen molar-refractivity contribution < 1.29 is 9.53 Å². The molecule has 27 heavy (non-hydrogen) atoms. The minimum Gasteiger partial charge on any atom is -0.489 e. The Morgan fingerprint density at radius 1 is 1.26 bits per heavy atom. The number of aliphatic imine (C=N–C) groups is 1. The Bertz CT molecular complexity index is 625. The van der Waals surface area contributed by atoms with Crippen LogP contribution in [-0.2, 0) is 4.79 Å². The van der Waals surface area contributed by atoms with Gasteiger partial charge in [0.15, 0.2) is 5.96 Å². The molecule has 150 valence electrons. The molecule has 0 aliphatic carbocycles. The third kappa shape index (κ3) is 6.94. The molecular formula is C20H31ClN4O2. The summed E-state index contributed by atoms with van der Waals surface area (Å²) in [6, 6.07) is 7.66. The monoisotopic (exact) mass is 394 g/mol. The molecule has 1 amide bonds. The zero-order valence-electron chi connectivity index (χ0n) is 16.7. The fourth-order valence-electron chi connectivity index (χ4n) is 3.02. The number of ether oxygens (including phenoxy) is 1. The van der Waals surface area contributed by atoms with Gasteiger partial charge in [-0.15, -0.1) is 0 Å². The van der Waals surface area contributed by atoms with Crippen LogP contribution >= 0.6 is 11.6 Å². The van der Waals surface area contributed by atoms with Crippen LogP contribution in [-0.4, -0.2) is 55.6 Å². The molecule has 6 nitrogen and oxygen atoms in total. The number of amides is 1. The standard InChI is InChI=1S/C20H31ClN4O2/c1-14(2)19(26)25-11-9-17(10-12-25)24-20(22-4)23-13-15(3)27-18-7-5-16(21)6-8-18/h5-8,14-15,17H,9-13H2,1-4H3,(H2,22,23,24). The molecule has 1 aromatic rings.